The first-order valence-electron chi connectivity index (χ1n) is 6.40. The number of hydrogen-bond donors (Lipinski definition) is 2. The van der Waals surface area contributed by atoms with Crippen LogP contribution in [0.15, 0.2) is 4.99 Å². The van der Waals surface area contributed by atoms with Crippen molar-refractivity contribution in [2.75, 3.05) is 13.1 Å². The van der Waals surface area contributed by atoms with E-state index in [2.05, 4.69) is 24.2 Å². The second-order valence-corrected chi connectivity index (χ2v) is 5.87. The van der Waals surface area contributed by atoms with Crippen LogP contribution in [0.3, 0.4) is 0 Å². The zero-order chi connectivity index (χ0) is 11.6. The summed E-state index contributed by atoms with van der Waals surface area (Å²) >= 11 is 0. The first-order valence-corrected chi connectivity index (χ1v) is 6.40. The highest BCUT2D eigenvalue weighted by molar-refractivity contribution is 5.80. The molecule has 0 aromatic carbocycles. The maximum absolute atomic E-state index is 5.60. The summed E-state index contributed by atoms with van der Waals surface area (Å²) in [6, 6.07) is 0.495. The molecule has 0 bridgehead atoms. The molecule has 0 radical (unpaired) electrons. The number of aliphatic imine (C=N–C) groups is 1. The van der Waals surface area contributed by atoms with Crippen molar-refractivity contribution in [2.24, 2.45) is 16.3 Å². The van der Waals surface area contributed by atoms with Crippen LogP contribution in [0.25, 0.3) is 0 Å². The van der Waals surface area contributed by atoms with E-state index in [1.165, 1.54) is 32.1 Å². The van der Waals surface area contributed by atoms with Gasteiger partial charge in [0.25, 0.3) is 0 Å². The second-order valence-electron chi connectivity index (χ2n) is 5.87. The molecule has 4 heteroatoms. The van der Waals surface area contributed by atoms with Gasteiger partial charge in [-0.1, -0.05) is 26.7 Å². The Morgan fingerprint density at radius 2 is 2.06 bits per heavy atom. The van der Waals surface area contributed by atoms with E-state index < -0.39 is 0 Å². The van der Waals surface area contributed by atoms with Crippen LogP contribution in [0.5, 0.6) is 0 Å². The maximum atomic E-state index is 5.60. The van der Waals surface area contributed by atoms with Crippen LogP contribution < -0.4 is 11.3 Å². The lowest BCUT2D eigenvalue weighted by Crippen LogP contribution is -2.44. The molecule has 4 nitrogen and oxygen atoms in total. The molecule has 1 heterocycles. The Morgan fingerprint density at radius 3 is 2.56 bits per heavy atom. The van der Waals surface area contributed by atoms with E-state index in [1.54, 1.807) is 0 Å². The average Bonchev–Trinajstić information content (AvgIpc) is 2.83. The molecule has 2 rings (SSSR count). The molecule has 0 spiro atoms. The molecule has 2 aliphatic rings. The standard InChI is InChI=1S/C12H24N4/c1-12(2)7-8-16(9-12)11(15-13)14-10-5-3-4-6-10/h10H,3-9,13H2,1-2H3,(H,14,15). The van der Waals surface area contributed by atoms with Crippen molar-refractivity contribution in [3.63, 3.8) is 0 Å². The number of nitrogens with zero attached hydrogens (tertiary/aromatic N) is 2. The van der Waals surface area contributed by atoms with Gasteiger partial charge in [0.2, 0.25) is 5.96 Å². The van der Waals surface area contributed by atoms with Gasteiger partial charge in [-0.2, -0.15) is 0 Å². The summed E-state index contributed by atoms with van der Waals surface area (Å²) in [5, 5.41) is 0. The normalized spacial score (nSPS) is 26.4. The van der Waals surface area contributed by atoms with Gasteiger partial charge in [0.1, 0.15) is 0 Å². The highest BCUT2D eigenvalue weighted by atomic mass is 15.4. The predicted octanol–water partition coefficient (Wildman–Crippen LogP) is 1.48. The Morgan fingerprint density at radius 1 is 1.38 bits per heavy atom. The molecule has 1 aliphatic heterocycles. The van der Waals surface area contributed by atoms with Crippen LogP contribution in [-0.2, 0) is 0 Å². The van der Waals surface area contributed by atoms with Gasteiger partial charge >= 0.3 is 0 Å². The van der Waals surface area contributed by atoms with Crippen LogP contribution in [0.2, 0.25) is 0 Å². The monoisotopic (exact) mass is 224 g/mol. The number of hydrogen-bond acceptors (Lipinski definition) is 2. The Balaban J connectivity index is 1.99. The predicted molar refractivity (Wildman–Crippen MR) is 67.0 cm³/mol. The lowest BCUT2D eigenvalue weighted by atomic mass is 9.93. The molecule has 0 aromatic rings. The minimum atomic E-state index is 0.396. The third-order valence-electron chi connectivity index (χ3n) is 3.74. The molecular formula is C12H24N4. The van der Waals surface area contributed by atoms with E-state index in [4.69, 9.17) is 10.8 Å². The molecule has 0 aromatic heterocycles. The second kappa shape index (κ2) is 4.62. The van der Waals surface area contributed by atoms with Crippen LogP contribution in [0, 0.1) is 5.41 Å². The van der Waals surface area contributed by atoms with Gasteiger partial charge in [0, 0.05) is 13.1 Å². The van der Waals surface area contributed by atoms with Crippen molar-refractivity contribution in [3.8, 4) is 0 Å². The average molecular weight is 224 g/mol. The fourth-order valence-corrected chi connectivity index (χ4v) is 2.71. The molecule has 1 aliphatic carbocycles. The summed E-state index contributed by atoms with van der Waals surface area (Å²) in [6.07, 6.45) is 6.30. The quantitative estimate of drug-likeness (QED) is 0.307. The molecule has 3 N–H and O–H groups in total. The van der Waals surface area contributed by atoms with Gasteiger partial charge in [0.05, 0.1) is 6.04 Å². The summed E-state index contributed by atoms with van der Waals surface area (Å²) in [5.74, 6) is 6.50. The van der Waals surface area contributed by atoms with Crippen LogP contribution >= 0.6 is 0 Å². The Bertz CT molecular complexity index is 266. The fraction of sp³-hybridized carbons (Fsp3) is 0.917. The number of likely N-dealkylation sites (tertiary alicyclic amines) is 1. The van der Waals surface area contributed by atoms with E-state index in [1.807, 2.05) is 0 Å². The summed E-state index contributed by atoms with van der Waals surface area (Å²) < 4.78 is 0. The summed E-state index contributed by atoms with van der Waals surface area (Å²) in [6.45, 7) is 6.74. The third kappa shape index (κ3) is 2.67. The van der Waals surface area contributed by atoms with Crippen molar-refractivity contribution in [1.82, 2.24) is 10.3 Å². The van der Waals surface area contributed by atoms with Crippen molar-refractivity contribution < 1.29 is 0 Å². The molecule has 2 fully saturated rings. The molecule has 92 valence electrons. The van der Waals surface area contributed by atoms with Crippen molar-refractivity contribution >= 4 is 5.96 Å². The fourth-order valence-electron chi connectivity index (χ4n) is 2.71. The van der Waals surface area contributed by atoms with Crippen LogP contribution in [-0.4, -0.2) is 30.0 Å². The highest BCUT2D eigenvalue weighted by Gasteiger charge is 2.31. The lowest BCUT2D eigenvalue weighted by molar-refractivity contribution is 0.369. The minimum Gasteiger partial charge on any atom is -0.341 e. The van der Waals surface area contributed by atoms with Crippen LogP contribution in [0.4, 0.5) is 0 Å². The minimum absolute atomic E-state index is 0.396. The molecule has 0 atom stereocenters. The maximum Gasteiger partial charge on any atom is 0.208 e. The molecule has 16 heavy (non-hydrogen) atoms. The summed E-state index contributed by atoms with van der Waals surface area (Å²) in [7, 11) is 0. The number of nitrogens with one attached hydrogen (secondary N) is 1. The molecule has 0 amide bonds. The topological polar surface area (TPSA) is 53.6 Å². The van der Waals surface area contributed by atoms with E-state index >= 15 is 0 Å². The smallest absolute Gasteiger partial charge is 0.208 e. The number of hydrazine groups is 1. The van der Waals surface area contributed by atoms with Gasteiger partial charge in [-0.3, -0.25) is 5.43 Å². The van der Waals surface area contributed by atoms with Crippen molar-refractivity contribution in [2.45, 2.75) is 52.0 Å². The Labute approximate surface area is 98.3 Å². The summed E-state index contributed by atoms with van der Waals surface area (Å²) in [4.78, 5) is 7.04. The Kier molecular flexibility index (Phi) is 3.38. The van der Waals surface area contributed by atoms with E-state index in [0.29, 0.717) is 11.5 Å². The SMILES string of the molecule is CC1(C)CCN(C(=NC2CCCC2)NN)C1. The Hall–Kier alpha value is -0.770. The molecule has 1 saturated heterocycles. The first kappa shape index (κ1) is 11.7. The van der Waals surface area contributed by atoms with Gasteiger partial charge in [-0.25, -0.2) is 10.8 Å². The van der Waals surface area contributed by atoms with E-state index in [-0.39, 0.29) is 0 Å². The van der Waals surface area contributed by atoms with Crippen LogP contribution in [0.1, 0.15) is 46.0 Å². The molecule has 1 saturated carbocycles. The van der Waals surface area contributed by atoms with Gasteiger partial charge in [-0.15, -0.1) is 0 Å². The number of rotatable bonds is 1. The number of nitrogens with two attached hydrogens (primary N) is 1. The molecule has 0 unspecified atom stereocenters. The highest BCUT2D eigenvalue weighted by Crippen LogP contribution is 2.29. The largest absolute Gasteiger partial charge is 0.341 e. The van der Waals surface area contributed by atoms with E-state index in [0.717, 1.165) is 19.0 Å². The molecular weight excluding hydrogens is 200 g/mol. The van der Waals surface area contributed by atoms with Gasteiger partial charge < -0.3 is 4.90 Å². The first-order chi connectivity index (χ1) is 7.61. The van der Waals surface area contributed by atoms with Gasteiger partial charge in [0.15, 0.2) is 0 Å². The van der Waals surface area contributed by atoms with Crippen molar-refractivity contribution in [1.29, 1.82) is 0 Å². The third-order valence-corrected chi connectivity index (χ3v) is 3.74. The van der Waals surface area contributed by atoms with Gasteiger partial charge in [-0.05, 0) is 24.7 Å². The number of guanidine groups is 1. The van der Waals surface area contributed by atoms with Crippen molar-refractivity contribution in [3.05, 3.63) is 0 Å². The summed E-state index contributed by atoms with van der Waals surface area (Å²) in [5.41, 5.74) is 3.18. The lowest BCUT2D eigenvalue weighted by Gasteiger charge is -2.23. The zero-order valence-electron chi connectivity index (χ0n) is 10.5. The van der Waals surface area contributed by atoms with E-state index in [9.17, 15) is 0 Å². The zero-order valence-corrected chi connectivity index (χ0v) is 10.5.